The molecular formula is C23H18Cl3N3O3. The van der Waals surface area contributed by atoms with E-state index in [1.165, 1.54) is 6.21 Å². The van der Waals surface area contributed by atoms with Crippen molar-refractivity contribution >= 4 is 52.8 Å². The maximum Gasteiger partial charge on any atom is 0.329 e. The van der Waals surface area contributed by atoms with Crippen molar-refractivity contribution in [3.05, 3.63) is 98.5 Å². The van der Waals surface area contributed by atoms with E-state index in [1.54, 1.807) is 66.7 Å². The fraction of sp³-hybridized carbons (Fsp3) is 0.0870. The van der Waals surface area contributed by atoms with Crippen molar-refractivity contribution in [2.24, 2.45) is 5.10 Å². The standard InChI is InChI=1S/C23H18Cl3N3O3/c24-17-8-4-15(5-9-17)12-27-22(30)23(31)29-28-13-16-6-10-18(11-7-16)32-14-19-20(25)2-1-3-21(19)26/h1-11,13H,12,14H2,(H,27,30)(H,29,31)/b28-13-. The number of nitrogens with zero attached hydrogens (tertiary/aromatic N) is 1. The van der Waals surface area contributed by atoms with Gasteiger partial charge in [-0.05, 0) is 59.7 Å². The second-order valence-corrected chi connectivity index (χ2v) is 7.82. The van der Waals surface area contributed by atoms with Gasteiger partial charge in [0.25, 0.3) is 0 Å². The highest BCUT2D eigenvalue weighted by Gasteiger charge is 2.12. The number of hydrogen-bond acceptors (Lipinski definition) is 4. The molecule has 9 heteroatoms. The van der Waals surface area contributed by atoms with Crippen molar-refractivity contribution in [2.45, 2.75) is 13.2 Å². The maximum absolute atomic E-state index is 11.8. The normalized spacial score (nSPS) is 10.7. The Bertz CT molecular complexity index is 1100. The van der Waals surface area contributed by atoms with E-state index in [9.17, 15) is 9.59 Å². The maximum atomic E-state index is 11.8. The highest BCUT2D eigenvalue weighted by atomic mass is 35.5. The molecule has 0 aliphatic carbocycles. The Morgan fingerprint density at radius 1 is 0.875 bits per heavy atom. The van der Waals surface area contributed by atoms with Crippen LogP contribution in [0.1, 0.15) is 16.7 Å². The van der Waals surface area contributed by atoms with Gasteiger partial charge in [0, 0.05) is 27.2 Å². The van der Waals surface area contributed by atoms with Crippen molar-refractivity contribution in [3.8, 4) is 5.75 Å². The minimum Gasteiger partial charge on any atom is -0.489 e. The number of hydrazone groups is 1. The third-order valence-corrected chi connectivity index (χ3v) is 5.24. The van der Waals surface area contributed by atoms with Crippen LogP contribution in [-0.2, 0) is 22.7 Å². The second-order valence-electron chi connectivity index (χ2n) is 6.57. The Labute approximate surface area is 200 Å². The Morgan fingerprint density at radius 3 is 2.19 bits per heavy atom. The first-order chi connectivity index (χ1) is 15.4. The molecule has 0 aliphatic heterocycles. The minimum atomic E-state index is -0.869. The summed E-state index contributed by atoms with van der Waals surface area (Å²) in [5.74, 6) is -1.05. The largest absolute Gasteiger partial charge is 0.489 e. The van der Waals surface area contributed by atoms with Gasteiger partial charge in [-0.3, -0.25) is 9.59 Å². The lowest BCUT2D eigenvalue weighted by molar-refractivity contribution is -0.139. The first-order valence-corrected chi connectivity index (χ1v) is 10.6. The summed E-state index contributed by atoms with van der Waals surface area (Å²) in [6.07, 6.45) is 1.42. The van der Waals surface area contributed by atoms with E-state index >= 15 is 0 Å². The molecule has 32 heavy (non-hydrogen) atoms. The van der Waals surface area contributed by atoms with Gasteiger partial charge in [-0.15, -0.1) is 0 Å². The molecule has 2 N–H and O–H groups in total. The monoisotopic (exact) mass is 489 g/mol. The Morgan fingerprint density at radius 2 is 1.53 bits per heavy atom. The SMILES string of the molecule is O=C(NCc1ccc(Cl)cc1)C(=O)N/N=C\c1ccc(OCc2c(Cl)cccc2Cl)cc1. The molecule has 2 amide bonds. The van der Waals surface area contributed by atoms with Gasteiger partial charge in [0.05, 0.1) is 6.21 Å². The van der Waals surface area contributed by atoms with Gasteiger partial charge in [0.15, 0.2) is 0 Å². The van der Waals surface area contributed by atoms with E-state index in [-0.39, 0.29) is 13.2 Å². The van der Waals surface area contributed by atoms with Crippen LogP contribution in [-0.4, -0.2) is 18.0 Å². The highest BCUT2D eigenvalue weighted by Crippen LogP contribution is 2.25. The molecule has 0 saturated heterocycles. The molecule has 164 valence electrons. The number of amides is 2. The van der Waals surface area contributed by atoms with Crippen LogP contribution in [0.25, 0.3) is 0 Å². The summed E-state index contributed by atoms with van der Waals surface area (Å²) in [7, 11) is 0. The van der Waals surface area contributed by atoms with Crippen LogP contribution in [0.3, 0.4) is 0 Å². The zero-order valence-corrected chi connectivity index (χ0v) is 18.9. The fourth-order valence-electron chi connectivity index (χ4n) is 2.56. The summed E-state index contributed by atoms with van der Waals surface area (Å²) in [4.78, 5) is 23.7. The van der Waals surface area contributed by atoms with Crippen LogP contribution in [0, 0.1) is 0 Å². The predicted octanol–water partition coefficient (Wildman–Crippen LogP) is 4.99. The summed E-state index contributed by atoms with van der Waals surface area (Å²) >= 11 is 18.1. The Kier molecular flexibility index (Phi) is 8.50. The van der Waals surface area contributed by atoms with Gasteiger partial charge >= 0.3 is 11.8 Å². The lowest BCUT2D eigenvalue weighted by Gasteiger charge is -2.09. The zero-order valence-electron chi connectivity index (χ0n) is 16.6. The lowest BCUT2D eigenvalue weighted by atomic mass is 10.2. The first kappa shape index (κ1) is 23.6. The number of rotatable bonds is 7. The molecule has 0 heterocycles. The van der Waals surface area contributed by atoms with Crippen LogP contribution >= 0.6 is 34.8 Å². The predicted molar refractivity (Wildman–Crippen MR) is 126 cm³/mol. The molecule has 3 aromatic carbocycles. The van der Waals surface area contributed by atoms with E-state index < -0.39 is 11.8 Å². The molecular weight excluding hydrogens is 473 g/mol. The van der Waals surface area contributed by atoms with Gasteiger partial charge < -0.3 is 10.1 Å². The number of carbonyl (C=O) groups excluding carboxylic acids is 2. The molecule has 0 aliphatic rings. The molecule has 3 rings (SSSR count). The lowest BCUT2D eigenvalue weighted by Crippen LogP contribution is -2.37. The number of hydrogen-bond donors (Lipinski definition) is 2. The fourth-order valence-corrected chi connectivity index (χ4v) is 3.19. The molecule has 0 unspecified atom stereocenters. The van der Waals surface area contributed by atoms with Gasteiger partial charge in [-0.1, -0.05) is 53.0 Å². The van der Waals surface area contributed by atoms with Crippen molar-refractivity contribution in [3.63, 3.8) is 0 Å². The second kappa shape index (κ2) is 11.5. The molecule has 0 saturated carbocycles. The average Bonchev–Trinajstić information content (AvgIpc) is 2.79. The van der Waals surface area contributed by atoms with Gasteiger partial charge in [-0.25, -0.2) is 5.43 Å². The quantitative estimate of drug-likeness (QED) is 0.278. The van der Waals surface area contributed by atoms with E-state index in [2.05, 4.69) is 15.8 Å². The third-order valence-electron chi connectivity index (χ3n) is 4.28. The summed E-state index contributed by atoms with van der Waals surface area (Å²) in [5, 5.41) is 7.97. The summed E-state index contributed by atoms with van der Waals surface area (Å²) in [5.41, 5.74) is 4.42. The number of ether oxygens (including phenoxy) is 1. The Hall–Kier alpha value is -3.06. The Balaban J connectivity index is 1.45. The number of carbonyl (C=O) groups is 2. The van der Waals surface area contributed by atoms with Gasteiger partial charge in [0.2, 0.25) is 0 Å². The van der Waals surface area contributed by atoms with Crippen LogP contribution in [0.15, 0.2) is 71.8 Å². The molecule has 0 spiro atoms. The van der Waals surface area contributed by atoms with Crippen LogP contribution in [0.2, 0.25) is 15.1 Å². The minimum absolute atomic E-state index is 0.202. The van der Waals surface area contributed by atoms with Gasteiger partial charge in [-0.2, -0.15) is 5.10 Å². The molecule has 6 nitrogen and oxygen atoms in total. The van der Waals surface area contributed by atoms with Crippen molar-refractivity contribution in [2.75, 3.05) is 0 Å². The van der Waals surface area contributed by atoms with Crippen LogP contribution in [0.4, 0.5) is 0 Å². The third kappa shape index (κ3) is 6.99. The van der Waals surface area contributed by atoms with Crippen LogP contribution < -0.4 is 15.5 Å². The van der Waals surface area contributed by atoms with Crippen molar-refractivity contribution in [1.82, 2.24) is 10.7 Å². The van der Waals surface area contributed by atoms with E-state index in [0.29, 0.717) is 31.9 Å². The molecule has 0 fully saturated rings. The van der Waals surface area contributed by atoms with Crippen LogP contribution in [0.5, 0.6) is 5.75 Å². The first-order valence-electron chi connectivity index (χ1n) is 9.44. The number of nitrogens with one attached hydrogen (secondary N) is 2. The topological polar surface area (TPSA) is 79.8 Å². The zero-order chi connectivity index (χ0) is 22.9. The number of benzene rings is 3. The smallest absolute Gasteiger partial charge is 0.329 e. The van der Waals surface area contributed by atoms with E-state index in [0.717, 1.165) is 5.56 Å². The molecule has 3 aromatic rings. The van der Waals surface area contributed by atoms with Crippen molar-refractivity contribution < 1.29 is 14.3 Å². The molecule has 0 bridgehead atoms. The van der Waals surface area contributed by atoms with E-state index in [1.807, 2.05) is 0 Å². The molecule has 0 aromatic heterocycles. The highest BCUT2D eigenvalue weighted by molar-refractivity contribution is 6.36. The average molecular weight is 491 g/mol. The van der Waals surface area contributed by atoms with E-state index in [4.69, 9.17) is 39.5 Å². The van der Waals surface area contributed by atoms with Crippen molar-refractivity contribution in [1.29, 1.82) is 0 Å². The van der Waals surface area contributed by atoms with Gasteiger partial charge in [0.1, 0.15) is 12.4 Å². The molecule has 0 atom stereocenters. The number of halogens is 3. The summed E-state index contributed by atoms with van der Waals surface area (Å²) in [6.45, 7) is 0.432. The summed E-state index contributed by atoms with van der Waals surface area (Å²) < 4.78 is 5.71. The molecule has 0 radical (unpaired) electrons. The summed E-state index contributed by atoms with van der Waals surface area (Å²) in [6, 6.07) is 19.2.